The summed E-state index contributed by atoms with van der Waals surface area (Å²) in [5.41, 5.74) is 7.11. The van der Waals surface area contributed by atoms with Gasteiger partial charge in [0.25, 0.3) is 5.91 Å². The van der Waals surface area contributed by atoms with Gasteiger partial charge < -0.3 is 15.4 Å². The van der Waals surface area contributed by atoms with Gasteiger partial charge in [-0.3, -0.25) is 4.79 Å². The van der Waals surface area contributed by atoms with Crippen molar-refractivity contribution in [1.29, 1.82) is 0 Å². The van der Waals surface area contributed by atoms with Crippen LogP contribution in [0.1, 0.15) is 42.9 Å². The number of nitrogen functional groups attached to an aromatic ring is 1. The molecule has 2 atom stereocenters. The maximum Gasteiger partial charge on any atom is 0.273 e. The van der Waals surface area contributed by atoms with Crippen LogP contribution in [-0.4, -0.2) is 35.0 Å². The highest BCUT2D eigenvalue weighted by Gasteiger charge is 2.38. The third-order valence-electron chi connectivity index (χ3n) is 4.27. The Kier molecular flexibility index (Phi) is 4.60. The number of benzene rings is 1. The molecule has 2 N–H and O–H groups in total. The van der Waals surface area contributed by atoms with Crippen LogP contribution in [0, 0.1) is 5.41 Å². The lowest BCUT2D eigenvalue weighted by Crippen LogP contribution is -2.51. The molecule has 1 aromatic heterocycles. The summed E-state index contributed by atoms with van der Waals surface area (Å²) in [6.45, 7) is 7.48. The Morgan fingerprint density at radius 1 is 1.29 bits per heavy atom. The van der Waals surface area contributed by atoms with E-state index in [-0.39, 0.29) is 23.5 Å². The first-order valence-electron chi connectivity index (χ1n) is 8.05. The van der Waals surface area contributed by atoms with Crippen LogP contribution in [0.5, 0.6) is 0 Å². The molecule has 1 aliphatic rings. The zero-order chi connectivity index (χ0) is 17.3. The number of hydrogen-bond acceptors (Lipinski definition) is 5. The molecule has 0 bridgehead atoms. The Hall–Kier alpha value is -1.92. The minimum atomic E-state index is -0.135. The number of anilines is 1. The molecular weight excluding hydrogens is 322 g/mol. The first-order chi connectivity index (χ1) is 11.3. The van der Waals surface area contributed by atoms with Crippen LogP contribution >= 0.6 is 11.3 Å². The van der Waals surface area contributed by atoms with E-state index < -0.39 is 0 Å². The summed E-state index contributed by atoms with van der Waals surface area (Å²) in [5.74, 6) is -0.0820. The van der Waals surface area contributed by atoms with E-state index in [0.717, 1.165) is 5.56 Å². The number of rotatable bonds is 2. The van der Waals surface area contributed by atoms with Gasteiger partial charge in [-0.1, -0.05) is 51.1 Å². The summed E-state index contributed by atoms with van der Waals surface area (Å²) >= 11 is 1.29. The van der Waals surface area contributed by atoms with Gasteiger partial charge in [0, 0.05) is 11.9 Å². The number of aromatic nitrogens is 1. The third kappa shape index (κ3) is 3.60. The fourth-order valence-corrected chi connectivity index (χ4v) is 3.34. The first kappa shape index (κ1) is 16.9. The molecule has 5 nitrogen and oxygen atoms in total. The predicted octanol–water partition coefficient (Wildman–Crippen LogP) is 3.35. The Balaban J connectivity index is 1.87. The summed E-state index contributed by atoms with van der Waals surface area (Å²) in [6, 6.07) is 10.0. The molecule has 1 aromatic carbocycles. The molecule has 6 heteroatoms. The molecule has 0 spiro atoms. The minimum absolute atomic E-state index is 0.0450. The van der Waals surface area contributed by atoms with Gasteiger partial charge in [0.2, 0.25) is 0 Å². The number of carbonyl (C=O) groups excluding carboxylic acids is 1. The van der Waals surface area contributed by atoms with Gasteiger partial charge in [0.1, 0.15) is 11.8 Å². The zero-order valence-electron chi connectivity index (χ0n) is 14.2. The van der Waals surface area contributed by atoms with E-state index in [9.17, 15) is 4.79 Å². The van der Waals surface area contributed by atoms with E-state index in [2.05, 4.69) is 25.8 Å². The highest BCUT2D eigenvalue weighted by Crippen LogP contribution is 2.34. The average molecular weight is 345 g/mol. The van der Waals surface area contributed by atoms with Crippen LogP contribution in [-0.2, 0) is 4.74 Å². The second-order valence-corrected chi connectivity index (χ2v) is 8.06. The van der Waals surface area contributed by atoms with E-state index >= 15 is 0 Å². The van der Waals surface area contributed by atoms with Gasteiger partial charge in [0.05, 0.1) is 12.6 Å². The van der Waals surface area contributed by atoms with E-state index in [1.54, 1.807) is 5.38 Å². The number of hydrogen-bond donors (Lipinski definition) is 1. The molecule has 2 heterocycles. The summed E-state index contributed by atoms with van der Waals surface area (Å²) in [5, 5.41) is 2.13. The Bertz CT molecular complexity index is 709. The maximum atomic E-state index is 12.8. The Morgan fingerprint density at radius 3 is 2.58 bits per heavy atom. The number of morpholine rings is 1. The number of ether oxygens (including phenoxy) is 1. The predicted molar refractivity (Wildman–Crippen MR) is 95.9 cm³/mol. The first-order valence-corrected chi connectivity index (χ1v) is 8.93. The molecule has 3 rings (SSSR count). The molecule has 2 aromatic rings. The van der Waals surface area contributed by atoms with Crippen molar-refractivity contribution in [2.24, 2.45) is 5.41 Å². The van der Waals surface area contributed by atoms with Gasteiger partial charge in [0.15, 0.2) is 5.13 Å². The molecule has 1 fully saturated rings. The smallest absolute Gasteiger partial charge is 0.273 e. The van der Waals surface area contributed by atoms with Gasteiger partial charge in [-0.2, -0.15) is 0 Å². The number of amides is 1. The van der Waals surface area contributed by atoms with E-state index in [1.165, 1.54) is 11.3 Å². The average Bonchev–Trinajstić information content (AvgIpc) is 3.00. The standard InChI is InChI=1S/C18H23N3O2S/c1-18(2,3)15-10-21(16(22)13-11-24-17(19)20-13)9-14(23-15)12-7-5-4-6-8-12/h4-8,11,14-15H,9-10H2,1-3H3,(H2,19,20)/t14-,15+/m0/s1. The van der Waals surface area contributed by atoms with Crippen molar-refractivity contribution >= 4 is 22.4 Å². The monoisotopic (exact) mass is 345 g/mol. The number of thiazole rings is 1. The van der Waals surface area contributed by atoms with Crippen LogP contribution < -0.4 is 5.73 Å². The third-order valence-corrected chi connectivity index (χ3v) is 4.94. The maximum absolute atomic E-state index is 12.8. The van der Waals surface area contributed by atoms with E-state index in [4.69, 9.17) is 10.5 Å². The highest BCUT2D eigenvalue weighted by molar-refractivity contribution is 7.13. The lowest BCUT2D eigenvalue weighted by atomic mass is 9.87. The lowest BCUT2D eigenvalue weighted by molar-refractivity contribution is -0.119. The zero-order valence-corrected chi connectivity index (χ0v) is 15.0. The van der Waals surface area contributed by atoms with Crippen LogP contribution in [0.25, 0.3) is 0 Å². The van der Waals surface area contributed by atoms with Gasteiger partial charge in [-0.25, -0.2) is 4.98 Å². The topological polar surface area (TPSA) is 68.5 Å². The summed E-state index contributed by atoms with van der Waals surface area (Å²) < 4.78 is 6.32. The second-order valence-electron chi connectivity index (χ2n) is 7.17. The molecule has 0 saturated carbocycles. The van der Waals surface area contributed by atoms with Crippen molar-refractivity contribution in [3.63, 3.8) is 0 Å². The molecule has 1 aliphatic heterocycles. The van der Waals surface area contributed by atoms with Crippen LogP contribution in [0.4, 0.5) is 5.13 Å². The lowest BCUT2D eigenvalue weighted by Gasteiger charge is -2.43. The van der Waals surface area contributed by atoms with E-state index in [0.29, 0.717) is 23.9 Å². The van der Waals surface area contributed by atoms with Crippen molar-refractivity contribution in [1.82, 2.24) is 9.88 Å². The van der Waals surface area contributed by atoms with Crippen molar-refractivity contribution in [3.8, 4) is 0 Å². The largest absolute Gasteiger partial charge is 0.375 e. The fourth-order valence-electron chi connectivity index (χ4n) is 2.80. The SMILES string of the molecule is CC(C)(C)[C@H]1CN(C(=O)c2csc(N)n2)C[C@@H](c2ccccc2)O1. The van der Waals surface area contributed by atoms with E-state index in [1.807, 2.05) is 35.2 Å². The van der Waals surface area contributed by atoms with Crippen molar-refractivity contribution < 1.29 is 9.53 Å². The van der Waals surface area contributed by atoms with Crippen molar-refractivity contribution in [2.45, 2.75) is 33.0 Å². The van der Waals surface area contributed by atoms with Crippen LogP contribution in [0.2, 0.25) is 0 Å². The van der Waals surface area contributed by atoms with Gasteiger partial charge in [-0.05, 0) is 11.0 Å². The van der Waals surface area contributed by atoms with Gasteiger partial charge in [-0.15, -0.1) is 11.3 Å². The van der Waals surface area contributed by atoms with Crippen molar-refractivity contribution in [2.75, 3.05) is 18.8 Å². The molecule has 24 heavy (non-hydrogen) atoms. The van der Waals surface area contributed by atoms with Crippen molar-refractivity contribution in [3.05, 3.63) is 47.0 Å². The van der Waals surface area contributed by atoms with Crippen LogP contribution in [0.3, 0.4) is 0 Å². The minimum Gasteiger partial charge on any atom is -0.375 e. The molecule has 0 radical (unpaired) electrons. The van der Waals surface area contributed by atoms with Gasteiger partial charge >= 0.3 is 0 Å². The molecular formula is C18H23N3O2S. The highest BCUT2D eigenvalue weighted by atomic mass is 32.1. The molecule has 0 unspecified atom stereocenters. The fraction of sp³-hybridized carbons (Fsp3) is 0.444. The molecule has 128 valence electrons. The molecule has 0 aliphatic carbocycles. The number of nitrogens with zero attached hydrogens (tertiary/aromatic N) is 2. The Labute approximate surface area is 146 Å². The second kappa shape index (κ2) is 6.53. The number of carbonyl (C=O) groups is 1. The normalized spacial score (nSPS) is 21.7. The number of nitrogens with two attached hydrogens (primary N) is 1. The molecule has 1 saturated heterocycles. The molecule has 1 amide bonds. The summed E-state index contributed by atoms with van der Waals surface area (Å²) in [6.07, 6.45) is -0.180. The summed E-state index contributed by atoms with van der Waals surface area (Å²) in [4.78, 5) is 18.8. The quantitative estimate of drug-likeness (QED) is 0.906. The Morgan fingerprint density at radius 2 is 2.00 bits per heavy atom. The van der Waals surface area contributed by atoms with Crippen LogP contribution in [0.15, 0.2) is 35.7 Å². The summed E-state index contributed by atoms with van der Waals surface area (Å²) in [7, 11) is 0.